The van der Waals surface area contributed by atoms with Crippen molar-refractivity contribution in [3.8, 4) is 22.7 Å². The summed E-state index contributed by atoms with van der Waals surface area (Å²) in [5, 5.41) is 11.9. The van der Waals surface area contributed by atoms with E-state index in [-0.39, 0.29) is 18.1 Å². The van der Waals surface area contributed by atoms with Crippen molar-refractivity contribution in [2.24, 2.45) is 0 Å². The standard InChI is InChI=1S/C20H14BrN3O4/c1-12-17(18(24-28-12)13-5-3-2-4-6-13)20(25)26-11-16-22-23-19(27-16)14-7-9-15(21)10-8-14/h2-10H,11H2,1H3. The molecule has 0 saturated carbocycles. The second-order valence-corrected chi connectivity index (χ2v) is 6.83. The smallest absolute Gasteiger partial charge is 0.344 e. The highest BCUT2D eigenvalue weighted by molar-refractivity contribution is 9.10. The van der Waals surface area contributed by atoms with E-state index in [0.29, 0.717) is 17.3 Å². The number of hydrogen-bond acceptors (Lipinski definition) is 7. The van der Waals surface area contributed by atoms with Crippen LogP contribution in [0.5, 0.6) is 0 Å². The van der Waals surface area contributed by atoms with Crippen molar-refractivity contribution in [3.63, 3.8) is 0 Å². The van der Waals surface area contributed by atoms with Gasteiger partial charge in [0.25, 0.3) is 5.89 Å². The van der Waals surface area contributed by atoms with E-state index in [1.807, 2.05) is 54.6 Å². The number of ether oxygens (including phenoxy) is 1. The Morgan fingerprint density at radius 1 is 1.04 bits per heavy atom. The molecule has 0 spiro atoms. The van der Waals surface area contributed by atoms with Gasteiger partial charge in [-0.3, -0.25) is 0 Å². The molecule has 0 aliphatic heterocycles. The van der Waals surface area contributed by atoms with E-state index in [2.05, 4.69) is 31.3 Å². The van der Waals surface area contributed by atoms with Crippen molar-refractivity contribution >= 4 is 21.9 Å². The third-order valence-corrected chi connectivity index (χ3v) is 4.53. The van der Waals surface area contributed by atoms with Crippen LogP contribution in [0.3, 0.4) is 0 Å². The van der Waals surface area contributed by atoms with Gasteiger partial charge in [-0.1, -0.05) is 51.4 Å². The molecule has 4 aromatic rings. The number of rotatable bonds is 5. The van der Waals surface area contributed by atoms with Crippen molar-refractivity contribution in [2.75, 3.05) is 0 Å². The van der Waals surface area contributed by atoms with E-state index >= 15 is 0 Å². The lowest BCUT2D eigenvalue weighted by molar-refractivity contribution is 0.0437. The number of halogens is 1. The zero-order chi connectivity index (χ0) is 19.5. The van der Waals surface area contributed by atoms with Crippen molar-refractivity contribution < 1.29 is 18.5 Å². The molecule has 0 radical (unpaired) electrons. The van der Waals surface area contributed by atoms with Gasteiger partial charge in [-0.15, -0.1) is 10.2 Å². The number of hydrogen-bond donors (Lipinski definition) is 0. The van der Waals surface area contributed by atoms with Crippen molar-refractivity contribution in [2.45, 2.75) is 13.5 Å². The lowest BCUT2D eigenvalue weighted by atomic mass is 10.1. The molecule has 0 unspecified atom stereocenters. The minimum atomic E-state index is -0.569. The summed E-state index contributed by atoms with van der Waals surface area (Å²) < 4.78 is 17.0. The van der Waals surface area contributed by atoms with E-state index in [4.69, 9.17) is 13.7 Å². The highest BCUT2D eigenvalue weighted by atomic mass is 79.9. The zero-order valence-electron chi connectivity index (χ0n) is 14.8. The van der Waals surface area contributed by atoms with E-state index < -0.39 is 5.97 Å². The van der Waals surface area contributed by atoms with Crippen molar-refractivity contribution in [3.05, 3.63) is 76.3 Å². The molecule has 2 aromatic carbocycles. The predicted octanol–water partition coefficient (Wildman–Crippen LogP) is 4.82. The Balaban J connectivity index is 1.49. The van der Waals surface area contributed by atoms with Gasteiger partial charge in [0.2, 0.25) is 5.89 Å². The van der Waals surface area contributed by atoms with Crippen LogP contribution in [0, 0.1) is 6.92 Å². The van der Waals surface area contributed by atoms with Crippen LogP contribution >= 0.6 is 15.9 Å². The van der Waals surface area contributed by atoms with Gasteiger partial charge in [-0.05, 0) is 31.2 Å². The van der Waals surface area contributed by atoms with E-state index in [1.165, 1.54) is 0 Å². The lowest BCUT2D eigenvalue weighted by Crippen LogP contribution is -2.07. The summed E-state index contributed by atoms with van der Waals surface area (Å²) in [6.45, 7) is 1.51. The van der Waals surface area contributed by atoms with E-state index in [9.17, 15) is 4.79 Å². The summed E-state index contributed by atoms with van der Waals surface area (Å²) in [5.41, 5.74) is 2.25. The largest absolute Gasteiger partial charge is 0.452 e. The molecule has 4 rings (SSSR count). The van der Waals surface area contributed by atoms with E-state index in [0.717, 1.165) is 15.6 Å². The average molecular weight is 440 g/mol. The third-order valence-electron chi connectivity index (χ3n) is 4.00. The van der Waals surface area contributed by atoms with Crippen molar-refractivity contribution in [1.29, 1.82) is 0 Å². The van der Waals surface area contributed by atoms with Gasteiger partial charge in [0.05, 0.1) is 0 Å². The molecule has 0 fully saturated rings. The summed E-state index contributed by atoms with van der Waals surface area (Å²) in [5.74, 6) is 0.359. The van der Waals surface area contributed by atoms with Crippen LogP contribution in [0.25, 0.3) is 22.7 Å². The maximum atomic E-state index is 12.6. The molecule has 8 heteroatoms. The molecule has 140 valence electrons. The SMILES string of the molecule is Cc1onc(-c2ccccc2)c1C(=O)OCc1nnc(-c2ccc(Br)cc2)o1. The van der Waals surface area contributed by atoms with Crippen LogP contribution in [0.1, 0.15) is 22.0 Å². The molecule has 0 aliphatic rings. The molecule has 0 saturated heterocycles. The molecule has 28 heavy (non-hydrogen) atoms. The molecule has 0 amide bonds. The fourth-order valence-electron chi connectivity index (χ4n) is 2.63. The Morgan fingerprint density at radius 3 is 2.54 bits per heavy atom. The molecule has 0 N–H and O–H groups in total. The Hall–Kier alpha value is -3.26. The Bertz CT molecular complexity index is 1100. The van der Waals surface area contributed by atoms with Gasteiger partial charge in [0, 0.05) is 15.6 Å². The van der Waals surface area contributed by atoms with Gasteiger partial charge in [-0.2, -0.15) is 0 Å². The first-order valence-corrected chi connectivity index (χ1v) is 9.18. The van der Waals surface area contributed by atoms with Crippen LogP contribution in [0.15, 0.2) is 68.0 Å². The maximum absolute atomic E-state index is 12.6. The topological polar surface area (TPSA) is 91.2 Å². The monoisotopic (exact) mass is 439 g/mol. The van der Waals surface area contributed by atoms with Crippen LogP contribution in [-0.2, 0) is 11.3 Å². The van der Waals surface area contributed by atoms with Crippen LogP contribution in [0.2, 0.25) is 0 Å². The lowest BCUT2D eigenvalue weighted by Gasteiger charge is -2.03. The number of aromatic nitrogens is 3. The minimum Gasteiger partial charge on any atom is -0.452 e. The Kier molecular flexibility index (Phi) is 5.03. The maximum Gasteiger partial charge on any atom is 0.344 e. The van der Waals surface area contributed by atoms with Crippen LogP contribution in [-0.4, -0.2) is 21.3 Å². The van der Waals surface area contributed by atoms with Gasteiger partial charge >= 0.3 is 5.97 Å². The first-order valence-electron chi connectivity index (χ1n) is 8.39. The van der Waals surface area contributed by atoms with Crippen LogP contribution < -0.4 is 0 Å². The fourth-order valence-corrected chi connectivity index (χ4v) is 2.89. The average Bonchev–Trinajstić information content (AvgIpc) is 3.34. The summed E-state index contributed by atoms with van der Waals surface area (Å²) in [6, 6.07) is 16.7. The van der Waals surface area contributed by atoms with E-state index in [1.54, 1.807) is 6.92 Å². The number of carbonyl (C=O) groups excluding carboxylic acids is 1. The number of nitrogens with zero attached hydrogens (tertiary/aromatic N) is 3. The Morgan fingerprint density at radius 2 is 1.79 bits per heavy atom. The third kappa shape index (κ3) is 3.72. The highest BCUT2D eigenvalue weighted by Gasteiger charge is 2.23. The number of carbonyl (C=O) groups is 1. The minimum absolute atomic E-state index is 0.152. The molecule has 0 bridgehead atoms. The normalized spacial score (nSPS) is 10.8. The molecule has 7 nitrogen and oxygen atoms in total. The number of esters is 1. The first-order chi connectivity index (χ1) is 13.6. The summed E-state index contributed by atoms with van der Waals surface area (Å²) in [7, 11) is 0. The Labute approximate surface area is 168 Å². The fraction of sp³-hybridized carbons (Fsp3) is 0.100. The summed E-state index contributed by atoms with van der Waals surface area (Å²) in [6.07, 6.45) is 0. The molecular formula is C20H14BrN3O4. The second kappa shape index (κ2) is 7.77. The van der Waals surface area contributed by atoms with Crippen LogP contribution in [0.4, 0.5) is 0 Å². The molecule has 2 aromatic heterocycles. The zero-order valence-corrected chi connectivity index (χ0v) is 16.3. The van der Waals surface area contributed by atoms with Gasteiger partial charge in [0.15, 0.2) is 6.61 Å². The molecule has 0 atom stereocenters. The van der Waals surface area contributed by atoms with Crippen molar-refractivity contribution in [1.82, 2.24) is 15.4 Å². The predicted molar refractivity (Wildman–Crippen MR) is 103 cm³/mol. The molecule has 0 aliphatic carbocycles. The van der Waals surface area contributed by atoms with Gasteiger partial charge < -0.3 is 13.7 Å². The quantitative estimate of drug-likeness (QED) is 0.411. The number of aryl methyl sites for hydroxylation is 1. The van der Waals surface area contributed by atoms with Gasteiger partial charge in [-0.25, -0.2) is 4.79 Å². The molecule has 2 heterocycles. The summed E-state index contributed by atoms with van der Waals surface area (Å²) >= 11 is 3.37. The molecular weight excluding hydrogens is 426 g/mol. The first kappa shape index (κ1) is 18.1. The number of benzene rings is 2. The second-order valence-electron chi connectivity index (χ2n) is 5.91. The van der Waals surface area contributed by atoms with Gasteiger partial charge in [0.1, 0.15) is 17.0 Å². The summed E-state index contributed by atoms with van der Waals surface area (Å²) in [4.78, 5) is 12.6. The highest BCUT2D eigenvalue weighted by Crippen LogP contribution is 2.26.